The van der Waals surface area contributed by atoms with Crippen LogP contribution in [-0.2, 0) is 0 Å². The third-order valence-electron chi connectivity index (χ3n) is 6.99. The van der Waals surface area contributed by atoms with Gasteiger partial charge in [0.1, 0.15) is 11.5 Å². The molecule has 1 heterocycles. The van der Waals surface area contributed by atoms with Crippen LogP contribution in [0.4, 0.5) is 4.79 Å². The molecule has 180 valence electrons. The largest absolute Gasteiger partial charge is 0.457 e. The minimum absolute atomic E-state index is 0.422. The van der Waals surface area contributed by atoms with Crippen LogP contribution in [-0.4, -0.2) is 31.6 Å². The van der Waals surface area contributed by atoms with E-state index < -0.39 is 6.09 Å². The van der Waals surface area contributed by atoms with Gasteiger partial charge in [-0.2, -0.15) is 0 Å². The zero-order valence-corrected chi connectivity index (χ0v) is 20.5. The first kappa shape index (κ1) is 24.1. The molecule has 1 aliphatic rings. The van der Waals surface area contributed by atoms with Crippen LogP contribution in [0.15, 0.2) is 71.1 Å². The third kappa shape index (κ3) is 6.09. The van der Waals surface area contributed by atoms with E-state index in [0.717, 1.165) is 12.0 Å². The highest BCUT2D eigenvalue weighted by molar-refractivity contribution is 5.71. The SMILES string of the molecule is Cc1oc(-c2ccccc2)cc1OC(=O)NCCC1CCC(C(c2ccccc2)N(C)C)CC1. The van der Waals surface area contributed by atoms with Crippen LogP contribution in [0.2, 0.25) is 0 Å². The van der Waals surface area contributed by atoms with Crippen LogP contribution in [0, 0.1) is 18.8 Å². The maximum absolute atomic E-state index is 12.3. The van der Waals surface area contributed by atoms with Crippen molar-refractivity contribution in [3.63, 3.8) is 0 Å². The summed E-state index contributed by atoms with van der Waals surface area (Å²) in [5.41, 5.74) is 2.37. The van der Waals surface area contributed by atoms with E-state index >= 15 is 0 Å². The van der Waals surface area contributed by atoms with Crippen molar-refractivity contribution in [3.8, 4) is 17.1 Å². The smallest absolute Gasteiger partial charge is 0.412 e. The van der Waals surface area contributed by atoms with Crippen LogP contribution in [0.25, 0.3) is 11.3 Å². The number of hydrogen-bond acceptors (Lipinski definition) is 4. The Kier molecular flexibility index (Phi) is 8.07. The molecule has 5 nitrogen and oxygen atoms in total. The topological polar surface area (TPSA) is 54.7 Å². The fourth-order valence-electron chi connectivity index (χ4n) is 5.26. The second-order valence-corrected chi connectivity index (χ2v) is 9.60. The molecule has 0 saturated heterocycles. The molecule has 1 unspecified atom stereocenters. The van der Waals surface area contributed by atoms with Gasteiger partial charge in [-0.25, -0.2) is 4.79 Å². The predicted octanol–water partition coefficient (Wildman–Crippen LogP) is 6.84. The van der Waals surface area contributed by atoms with Crippen molar-refractivity contribution in [2.45, 2.75) is 45.1 Å². The number of hydrogen-bond donors (Lipinski definition) is 1. The molecule has 2 aromatic carbocycles. The van der Waals surface area contributed by atoms with Gasteiger partial charge in [0.25, 0.3) is 0 Å². The minimum Gasteiger partial charge on any atom is -0.457 e. The molecule has 1 aromatic heterocycles. The minimum atomic E-state index is -0.422. The number of rotatable bonds is 8. The lowest BCUT2D eigenvalue weighted by atomic mass is 9.75. The lowest BCUT2D eigenvalue weighted by Gasteiger charge is -2.37. The van der Waals surface area contributed by atoms with Gasteiger partial charge in [-0.3, -0.25) is 0 Å². The Hall–Kier alpha value is -3.05. The summed E-state index contributed by atoms with van der Waals surface area (Å²) in [7, 11) is 4.37. The second-order valence-electron chi connectivity index (χ2n) is 9.60. The molecule has 34 heavy (non-hydrogen) atoms. The number of furan rings is 1. The molecule has 5 heteroatoms. The molecule has 1 atom stereocenters. The summed E-state index contributed by atoms with van der Waals surface area (Å²) in [6.07, 6.45) is 5.43. The highest BCUT2D eigenvalue weighted by atomic mass is 16.6. The van der Waals surface area contributed by atoms with Crippen molar-refractivity contribution in [2.75, 3.05) is 20.6 Å². The van der Waals surface area contributed by atoms with Gasteiger partial charge in [-0.15, -0.1) is 0 Å². The predicted molar refractivity (Wildman–Crippen MR) is 136 cm³/mol. The highest BCUT2D eigenvalue weighted by Crippen LogP contribution is 2.40. The van der Waals surface area contributed by atoms with E-state index in [4.69, 9.17) is 9.15 Å². The van der Waals surface area contributed by atoms with E-state index in [0.29, 0.717) is 41.7 Å². The fraction of sp³-hybridized carbons (Fsp3) is 0.414. The molecule has 1 saturated carbocycles. The average molecular weight is 461 g/mol. The number of benzene rings is 2. The van der Waals surface area contributed by atoms with E-state index in [9.17, 15) is 4.79 Å². The van der Waals surface area contributed by atoms with Crippen LogP contribution < -0.4 is 10.1 Å². The normalized spacial score (nSPS) is 19.1. The van der Waals surface area contributed by atoms with Crippen LogP contribution in [0.1, 0.15) is 49.5 Å². The quantitative estimate of drug-likeness (QED) is 0.400. The molecule has 0 radical (unpaired) electrons. The number of nitrogens with zero attached hydrogens (tertiary/aromatic N) is 1. The van der Waals surface area contributed by atoms with Crippen LogP contribution >= 0.6 is 0 Å². The van der Waals surface area contributed by atoms with E-state index in [1.165, 1.54) is 31.2 Å². The van der Waals surface area contributed by atoms with Crippen molar-refractivity contribution in [1.82, 2.24) is 10.2 Å². The number of aryl methyl sites for hydroxylation is 1. The molecular weight excluding hydrogens is 424 g/mol. The molecule has 0 aliphatic heterocycles. The van der Waals surface area contributed by atoms with Crippen molar-refractivity contribution < 1.29 is 13.9 Å². The lowest BCUT2D eigenvalue weighted by Crippen LogP contribution is -2.32. The van der Waals surface area contributed by atoms with Crippen molar-refractivity contribution in [2.24, 2.45) is 11.8 Å². The van der Waals surface area contributed by atoms with Crippen molar-refractivity contribution >= 4 is 6.09 Å². The number of nitrogens with one attached hydrogen (secondary N) is 1. The van der Waals surface area contributed by atoms with Gasteiger partial charge in [-0.1, -0.05) is 73.5 Å². The summed E-state index contributed by atoms with van der Waals surface area (Å²) in [5, 5.41) is 2.92. The average Bonchev–Trinajstić information content (AvgIpc) is 3.21. The third-order valence-corrected chi connectivity index (χ3v) is 6.99. The van der Waals surface area contributed by atoms with Crippen molar-refractivity contribution in [3.05, 3.63) is 78.1 Å². The summed E-state index contributed by atoms with van der Waals surface area (Å²) in [5.74, 6) is 3.09. The molecule has 1 N–H and O–H groups in total. The van der Waals surface area contributed by atoms with Gasteiger partial charge in [0.05, 0.1) is 0 Å². The maximum Gasteiger partial charge on any atom is 0.412 e. The summed E-state index contributed by atoms with van der Waals surface area (Å²) >= 11 is 0. The van der Waals surface area contributed by atoms with Crippen LogP contribution in [0.3, 0.4) is 0 Å². The Balaban J connectivity index is 1.21. The van der Waals surface area contributed by atoms with Gasteiger partial charge < -0.3 is 19.4 Å². The first-order valence-corrected chi connectivity index (χ1v) is 12.3. The van der Waals surface area contributed by atoms with Gasteiger partial charge >= 0.3 is 6.09 Å². The Labute approximate surface area is 203 Å². The Bertz CT molecular complexity index is 1040. The maximum atomic E-state index is 12.3. The molecule has 1 amide bonds. The lowest BCUT2D eigenvalue weighted by molar-refractivity contribution is 0.145. The van der Waals surface area contributed by atoms with E-state index in [1.54, 1.807) is 6.07 Å². The number of ether oxygens (including phenoxy) is 1. The Morgan fingerprint density at radius 3 is 2.32 bits per heavy atom. The standard InChI is InChI=1S/C29H36N2O3/c1-21-26(20-27(33-21)23-10-6-4-7-11-23)34-29(32)30-19-18-22-14-16-25(17-15-22)28(31(2)3)24-12-8-5-9-13-24/h4-13,20,22,25,28H,14-19H2,1-3H3,(H,30,32). The van der Waals surface area contributed by atoms with Gasteiger partial charge in [0, 0.05) is 24.2 Å². The van der Waals surface area contributed by atoms with E-state index in [2.05, 4.69) is 54.6 Å². The van der Waals surface area contributed by atoms with Crippen molar-refractivity contribution in [1.29, 1.82) is 0 Å². The van der Waals surface area contributed by atoms with E-state index in [-0.39, 0.29) is 0 Å². The summed E-state index contributed by atoms with van der Waals surface area (Å²) in [6, 6.07) is 22.9. The van der Waals surface area contributed by atoms with Gasteiger partial charge in [0.15, 0.2) is 5.75 Å². The first-order valence-electron chi connectivity index (χ1n) is 12.3. The fourth-order valence-corrected chi connectivity index (χ4v) is 5.26. The summed E-state index contributed by atoms with van der Waals surface area (Å²) in [6.45, 7) is 2.44. The van der Waals surface area contributed by atoms with Gasteiger partial charge in [0.2, 0.25) is 0 Å². The highest BCUT2D eigenvalue weighted by Gasteiger charge is 2.29. The molecule has 3 aromatic rings. The summed E-state index contributed by atoms with van der Waals surface area (Å²) < 4.78 is 11.3. The number of amides is 1. The molecule has 0 bridgehead atoms. The zero-order valence-electron chi connectivity index (χ0n) is 20.5. The molecular formula is C29H36N2O3. The zero-order chi connectivity index (χ0) is 23.9. The molecule has 1 aliphatic carbocycles. The Morgan fingerprint density at radius 1 is 1.03 bits per heavy atom. The van der Waals surface area contributed by atoms with Crippen LogP contribution in [0.5, 0.6) is 5.75 Å². The molecule has 1 fully saturated rings. The Morgan fingerprint density at radius 2 is 1.68 bits per heavy atom. The second kappa shape index (κ2) is 11.4. The monoisotopic (exact) mass is 460 g/mol. The number of carbonyl (C=O) groups excluding carboxylic acids is 1. The molecule has 0 spiro atoms. The number of carbonyl (C=O) groups is 1. The van der Waals surface area contributed by atoms with Gasteiger partial charge in [-0.05, 0) is 57.7 Å². The first-order chi connectivity index (χ1) is 16.5. The van der Waals surface area contributed by atoms with E-state index in [1.807, 2.05) is 37.3 Å². The molecule has 4 rings (SSSR count). The summed E-state index contributed by atoms with van der Waals surface area (Å²) in [4.78, 5) is 14.7.